The molecule has 0 saturated carbocycles. The van der Waals surface area contributed by atoms with E-state index in [1.165, 1.54) is 0 Å². The molecule has 1 saturated heterocycles. The van der Waals surface area contributed by atoms with Gasteiger partial charge in [-0.15, -0.1) is 0 Å². The summed E-state index contributed by atoms with van der Waals surface area (Å²) >= 11 is 0. The van der Waals surface area contributed by atoms with Crippen molar-refractivity contribution in [2.24, 2.45) is 7.05 Å². The Labute approximate surface area is 157 Å². The van der Waals surface area contributed by atoms with Crippen LogP contribution in [0.15, 0.2) is 43.1 Å². The quantitative estimate of drug-likeness (QED) is 0.747. The van der Waals surface area contributed by atoms with Crippen LogP contribution < -0.4 is 5.32 Å². The van der Waals surface area contributed by atoms with Crippen LogP contribution in [0, 0.1) is 11.3 Å². The largest absolute Gasteiger partial charge is 0.340 e. The molecule has 0 amide bonds. The van der Waals surface area contributed by atoms with Gasteiger partial charge in [-0.05, 0) is 37.6 Å². The number of rotatable bonds is 5. The van der Waals surface area contributed by atoms with E-state index >= 15 is 0 Å². The minimum absolute atomic E-state index is 0.259. The molecule has 0 unspecified atom stereocenters. The molecule has 3 aromatic rings. The van der Waals surface area contributed by atoms with Crippen molar-refractivity contribution in [3.05, 3.63) is 60.2 Å². The fourth-order valence-electron chi connectivity index (χ4n) is 3.39. The number of nitrogens with one attached hydrogen (secondary N) is 1. The Morgan fingerprint density at radius 2 is 2.19 bits per heavy atom. The highest BCUT2D eigenvalue weighted by molar-refractivity contribution is 5.52. The summed E-state index contributed by atoms with van der Waals surface area (Å²) in [4.78, 5) is 19.9. The Morgan fingerprint density at radius 1 is 1.26 bits per heavy atom. The first-order valence-corrected chi connectivity index (χ1v) is 8.88. The smallest absolute Gasteiger partial charge is 0.227 e. The molecular formula is C19H20N8. The first-order chi connectivity index (χ1) is 13.2. The summed E-state index contributed by atoms with van der Waals surface area (Å²) in [6.45, 7) is 1.85. The van der Waals surface area contributed by atoms with Crippen LogP contribution in [0.4, 0.5) is 11.6 Å². The van der Waals surface area contributed by atoms with Gasteiger partial charge >= 0.3 is 0 Å². The summed E-state index contributed by atoms with van der Waals surface area (Å²) in [5, 5.41) is 12.0. The van der Waals surface area contributed by atoms with E-state index in [9.17, 15) is 0 Å². The van der Waals surface area contributed by atoms with Gasteiger partial charge in [-0.2, -0.15) is 5.26 Å². The zero-order valence-electron chi connectivity index (χ0n) is 15.1. The van der Waals surface area contributed by atoms with Gasteiger partial charge in [-0.3, -0.25) is 4.90 Å². The van der Waals surface area contributed by atoms with E-state index in [0.717, 1.165) is 43.0 Å². The van der Waals surface area contributed by atoms with Crippen LogP contribution in [0.25, 0.3) is 0 Å². The third-order valence-electron chi connectivity index (χ3n) is 4.64. The molecule has 0 radical (unpaired) electrons. The molecule has 1 fully saturated rings. The number of hydrogen-bond donors (Lipinski definition) is 1. The van der Waals surface area contributed by atoms with E-state index < -0.39 is 0 Å². The van der Waals surface area contributed by atoms with Crippen LogP contribution in [-0.4, -0.2) is 35.9 Å². The van der Waals surface area contributed by atoms with Crippen LogP contribution in [-0.2, 0) is 13.6 Å². The fraction of sp³-hybridized carbons (Fsp3) is 0.316. The minimum atomic E-state index is 0.259. The number of nitriles is 1. The summed E-state index contributed by atoms with van der Waals surface area (Å²) < 4.78 is 1.97. The van der Waals surface area contributed by atoms with Crippen molar-refractivity contribution in [2.45, 2.75) is 25.4 Å². The maximum atomic E-state index is 8.84. The number of hydrogen-bond acceptors (Lipinski definition) is 7. The molecule has 0 aliphatic carbocycles. The summed E-state index contributed by atoms with van der Waals surface area (Å²) in [5.41, 5.74) is 3.21. The van der Waals surface area contributed by atoms with Crippen molar-refractivity contribution in [3.63, 3.8) is 0 Å². The average Bonchev–Trinajstić information content (AvgIpc) is 3.32. The second-order valence-electron chi connectivity index (χ2n) is 6.63. The number of likely N-dealkylation sites (tertiary alicyclic amines) is 1. The maximum Gasteiger partial charge on any atom is 0.227 e. The monoisotopic (exact) mass is 360 g/mol. The van der Waals surface area contributed by atoms with Gasteiger partial charge in [0.15, 0.2) is 0 Å². The Kier molecular flexibility index (Phi) is 4.77. The Morgan fingerprint density at radius 3 is 2.93 bits per heavy atom. The topological polar surface area (TPSA) is 95.6 Å². The molecule has 1 atom stereocenters. The SMILES string of the molecule is Cn1cnc(CN2CCC[C@H]2c2ccnc(Nc3ccc(C#N)nc3)n2)c1. The summed E-state index contributed by atoms with van der Waals surface area (Å²) in [6.07, 6.45) is 9.49. The van der Waals surface area contributed by atoms with Crippen molar-refractivity contribution in [1.29, 1.82) is 5.26 Å². The number of aryl methyl sites for hydroxylation is 1. The van der Waals surface area contributed by atoms with E-state index in [4.69, 9.17) is 10.2 Å². The first kappa shape index (κ1) is 17.1. The van der Waals surface area contributed by atoms with Crippen molar-refractivity contribution < 1.29 is 0 Å². The van der Waals surface area contributed by atoms with Crippen LogP contribution in [0.3, 0.4) is 0 Å². The maximum absolute atomic E-state index is 8.84. The van der Waals surface area contributed by atoms with E-state index in [1.807, 2.05) is 30.1 Å². The van der Waals surface area contributed by atoms with E-state index in [-0.39, 0.29) is 6.04 Å². The van der Waals surface area contributed by atoms with Crippen LogP contribution >= 0.6 is 0 Å². The molecule has 1 aliphatic rings. The molecule has 27 heavy (non-hydrogen) atoms. The van der Waals surface area contributed by atoms with Gasteiger partial charge in [0, 0.05) is 26.0 Å². The molecule has 136 valence electrons. The second-order valence-corrected chi connectivity index (χ2v) is 6.63. The molecule has 1 aliphatic heterocycles. The fourth-order valence-corrected chi connectivity index (χ4v) is 3.39. The molecule has 4 heterocycles. The summed E-state index contributed by atoms with van der Waals surface area (Å²) in [7, 11) is 1.98. The number of imidazole rings is 1. The van der Waals surface area contributed by atoms with Crippen LogP contribution in [0.2, 0.25) is 0 Å². The molecular weight excluding hydrogens is 340 g/mol. The lowest BCUT2D eigenvalue weighted by atomic mass is 10.1. The van der Waals surface area contributed by atoms with Crippen molar-refractivity contribution in [1.82, 2.24) is 29.4 Å². The molecule has 4 rings (SSSR count). The van der Waals surface area contributed by atoms with Gasteiger partial charge in [-0.25, -0.2) is 19.9 Å². The summed E-state index contributed by atoms with van der Waals surface area (Å²) in [6, 6.07) is 7.70. The third-order valence-corrected chi connectivity index (χ3v) is 4.64. The summed E-state index contributed by atoms with van der Waals surface area (Å²) in [5.74, 6) is 0.531. The van der Waals surface area contributed by atoms with Crippen molar-refractivity contribution in [3.8, 4) is 6.07 Å². The van der Waals surface area contributed by atoms with Crippen molar-refractivity contribution in [2.75, 3.05) is 11.9 Å². The zero-order chi connectivity index (χ0) is 18.6. The zero-order valence-corrected chi connectivity index (χ0v) is 15.1. The Balaban J connectivity index is 1.49. The number of anilines is 2. The number of nitrogens with zero attached hydrogens (tertiary/aromatic N) is 7. The predicted molar refractivity (Wildman–Crippen MR) is 99.9 cm³/mol. The van der Waals surface area contributed by atoms with E-state index in [2.05, 4.69) is 31.4 Å². The van der Waals surface area contributed by atoms with Gasteiger partial charge in [0.25, 0.3) is 0 Å². The molecule has 0 bridgehead atoms. The highest BCUT2D eigenvalue weighted by Crippen LogP contribution is 2.32. The van der Waals surface area contributed by atoms with Crippen LogP contribution in [0.1, 0.15) is 36.0 Å². The highest BCUT2D eigenvalue weighted by Gasteiger charge is 2.27. The highest BCUT2D eigenvalue weighted by atomic mass is 15.2. The van der Waals surface area contributed by atoms with Gasteiger partial charge in [0.2, 0.25) is 5.95 Å². The van der Waals surface area contributed by atoms with Crippen LogP contribution in [0.5, 0.6) is 0 Å². The lowest BCUT2D eigenvalue weighted by Gasteiger charge is -2.23. The lowest BCUT2D eigenvalue weighted by Crippen LogP contribution is -2.24. The van der Waals surface area contributed by atoms with E-state index in [1.54, 1.807) is 24.5 Å². The van der Waals surface area contributed by atoms with Gasteiger partial charge in [0.1, 0.15) is 11.8 Å². The second kappa shape index (κ2) is 7.51. The van der Waals surface area contributed by atoms with Gasteiger partial charge in [0.05, 0.1) is 35.6 Å². The van der Waals surface area contributed by atoms with Gasteiger partial charge in [-0.1, -0.05) is 0 Å². The molecule has 3 aromatic heterocycles. The Bertz CT molecular complexity index is 956. The van der Waals surface area contributed by atoms with E-state index in [0.29, 0.717) is 11.6 Å². The molecule has 8 heteroatoms. The molecule has 8 nitrogen and oxygen atoms in total. The normalized spacial score (nSPS) is 17.0. The Hall–Kier alpha value is -3.31. The predicted octanol–water partition coefficient (Wildman–Crippen LogP) is 2.56. The molecule has 1 N–H and O–H groups in total. The van der Waals surface area contributed by atoms with Crippen molar-refractivity contribution >= 4 is 11.6 Å². The molecule has 0 spiro atoms. The third kappa shape index (κ3) is 3.93. The molecule has 0 aromatic carbocycles. The minimum Gasteiger partial charge on any atom is -0.340 e. The first-order valence-electron chi connectivity index (χ1n) is 8.88. The lowest BCUT2D eigenvalue weighted by molar-refractivity contribution is 0.242. The van der Waals surface area contributed by atoms with Gasteiger partial charge < -0.3 is 9.88 Å². The number of pyridine rings is 1. The standard InChI is InChI=1S/C19H20N8/c1-26-11-16(23-13-26)12-27-8-2-3-18(27)17-6-7-21-19(25-17)24-15-5-4-14(9-20)22-10-15/h4-7,10-11,13,18H,2-3,8,12H2,1H3,(H,21,24,25)/t18-/m0/s1. The number of aromatic nitrogens is 5. The average molecular weight is 360 g/mol.